The van der Waals surface area contributed by atoms with Gasteiger partial charge in [0.1, 0.15) is 0 Å². The highest BCUT2D eigenvalue weighted by Crippen LogP contribution is 2.32. The lowest BCUT2D eigenvalue weighted by molar-refractivity contribution is -0.0436. The first kappa shape index (κ1) is 20.1. The van der Waals surface area contributed by atoms with Gasteiger partial charge in [-0.1, -0.05) is 18.2 Å². The third-order valence-corrected chi connectivity index (χ3v) is 6.58. The molecule has 0 spiro atoms. The molecule has 0 atom stereocenters. The molecule has 154 valence electrons. The zero-order chi connectivity index (χ0) is 21.5. The molecule has 0 fully saturated rings. The lowest BCUT2D eigenvalue weighted by atomic mass is 10.1. The van der Waals surface area contributed by atoms with Crippen LogP contribution in [0.25, 0.3) is 22.2 Å². The second-order valence-corrected chi connectivity index (χ2v) is 9.01. The number of para-hydroxylation sites is 1. The molecular formula is C19H12F3N3O3S2. The first-order chi connectivity index (χ1) is 14.2. The molecule has 0 unspecified atom stereocenters. The summed E-state index contributed by atoms with van der Waals surface area (Å²) in [7, 11) is -5.46. The number of rotatable bonds is 4. The van der Waals surface area contributed by atoms with Crippen LogP contribution in [0.1, 0.15) is 10.4 Å². The molecule has 2 aromatic carbocycles. The quantitative estimate of drug-likeness (QED) is 0.465. The van der Waals surface area contributed by atoms with Crippen molar-refractivity contribution in [3.05, 3.63) is 65.7 Å². The number of hydrogen-bond donors (Lipinski definition) is 2. The second kappa shape index (κ2) is 7.26. The number of nitrogens with one attached hydrogen (secondary N) is 2. The number of sulfone groups is 1. The Labute approximate surface area is 172 Å². The number of carbonyl (C=O) groups is 1. The van der Waals surface area contributed by atoms with Gasteiger partial charge in [-0.3, -0.25) is 10.1 Å². The number of anilines is 1. The average Bonchev–Trinajstić information content (AvgIpc) is 3.33. The number of alkyl halides is 3. The van der Waals surface area contributed by atoms with E-state index in [-0.39, 0.29) is 5.56 Å². The predicted octanol–water partition coefficient (Wildman–Crippen LogP) is 4.84. The number of nitrogens with zero attached hydrogens (tertiary/aromatic N) is 1. The molecule has 6 nitrogen and oxygen atoms in total. The van der Waals surface area contributed by atoms with E-state index in [0.717, 1.165) is 40.7 Å². The van der Waals surface area contributed by atoms with Crippen LogP contribution in [0.3, 0.4) is 0 Å². The molecule has 4 aromatic rings. The molecule has 1 amide bonds. The maximum absolute atomic E-state index is 12.6. The Morgan fingerprint density at radius 3 is 2.47 bits per heavy atom. The number of amides is 1. The highest BCUT2D eigenvalue weighted by Gasteiger charge is 2.46. The first-order valence-corrected chi connectivity index (χ1v) is 10.8. The minimum atomic E-state index is -5.46. The summed E-state index contributed by atoms with van der Waals surface area (Å²) in [6.45, 7) is 0. The van der Waals surface area contributed by atoms with E-state index in [9.17, 15) is 26.4 Å². The Morgan fingerprint density at radius 1 is 1.07 bits per heavy atom. The van der Waals surface area contributed by atoms with Crippen LogP contribution in [-0.2, 0) is 9.84 Å². The molecule has 2 N–H and O–H groups in total. The minimum absolute atomic E-state index is 0.0000290. The van der Waals surface area contributed by atoms with E-state index in [0.29, 0.717) is 10.8 Å². The average molecular weight is 451 g/mol. The number of H-pyrrole nitrogens is 1. The lowest BCUT2D eigenvalue weighted by Crippen LogP contribution is -2.23. The molecule has 0 bridgehead atoms. The van der Waals surface area contributed by atoms with Crippen LogP contribution in [0.4, 0.5) is 18.3 Å². The number of fused-ring (bicyclic) bond motifs is 1. The SMILES string of the molecule is O=C(Nc1nc(-c2c[nH]c3ccccc23)cs1)c1ccc(S(=O)(=O)C(F)(F)F)cc1. The number of hydrogen-bond acceptors (Lipinski definition) is 5. The van der Waals surface area contributed by atoms with E-state index < -0.39 is 26.1 Å². The molecule has 0 radical (unpaired) electrons. The maximum Gasteiger partial charge on any atom is 0.501 e. The van der Waals surface area contributed by atoms with Gasteiger partial charge in [-0.05, 0) is 30.3 Å². The van der Waals surface area contributed by atoms with E-state index in [1.54, 1.807) is 5.38 Å². The van der Waals surface area contributed by atoms with Crippen LogP contribution in [0.15, 0.2) is 65.0 Å². The minimum Gasteiger partial charge on any atom is -0.360 e. The van der Waals surface area contributed by atoms with Gasteiger partial charge in [0.2, 0.25) is 0 Å². The largest absolute Gasteiger partial charge is 0.501 e. The highest BCUT2D eigenvalue weighted by atomic mass is 32.2. The Kier molecular flexibility index (Phi) is 4.86. The topological polar surface area (TPSA) is 91.9 Å². The van der Waals surface area contributed by atoms with Gasteiger partial charge in [0.15, 0.2) is 5.13 Å². The van der Waals surface area contributed by atoms with E-state index in [1.807, 2.05) is 30.5 Å². The molecule has 0 aliphatic carbocycles. The van der Waals surface area contributed by atoms with Crippen LogP contribution in [0.2, 0.25) is 0 Å². The molecule has 30 heavy (non-hydrogen) atoms. The molecule has 4 rings (SSSR count). The van der Waals surface area contributed by atoms with Crippen LogP contribution in [-0.4, -0.2) is 29.8 Å². The molecule has 0 aliphatic heterocycles. The Balaban J connectivity index is 1.53. The summed E-state index contributed by atoms with van der Waals surface area (Å²) in [5.41, 5.74) is -2.94. The molecule has 2 heterocycles. The van der Waals surface area contributed by atoms with Gasteiger partial charge in [-0.2, -0.15) is 13.2 Å². The van der Waals surface area contributed by atoms with E-state index in [2.05, 4.69) is 15.3 Å². The van der Waals surface area contributed by atoms with E-state index >= 15 is 0 Å². The summed E-state index contributed by atoms with van der Waals surface area (Å²) in [4.78, 5) is 18.9. The fraction of sp³-hybridized carbons (Fsp3) is 0.0526. The van der Waals surface area contributed by atoms with Gasteiger partial charge in [0, 0.05) is 33.6 Å². The molecule has 0 aliphatic rings. The van der Waals surface area contributed by atoms with Crippen molar-refractivity contribution >= 4 is 43.1 Å². The summed E-state index contributed by atoms with van der Waals surface area (Å²) in [6, 6.07) is 11.2. The number of halogens is 3. The van der Waals surface area contributed by atoms with Crippen LogP contribution >= 0.6 is 11.3 Å². The Bertz CT molecular complexity index is 1340. The van der Waals surface area contributed by atoms with Gasteiger partial charge in [0.25, 0.3) is 15.7 Å². The van der Waals surface area contributed by atoms with E-state index in [1.165, 1.54) is 11.3 Å². The molecular weight excluding hydrogens is 439 g/mol. The summed E-state index contributed by atoms with van der Waals surface area (Å²) in [5.74, 6) is -0.620. The number of aromatic amines is 1. The Hall–Kier alpha value is -3.18. The monoisotopic (exact) mass is 451 g/mol. The van der Waals surface area contributed by atoms with Crippen molar-refractivity contribution in [2.24, 2.45) is 0 Å². The van der Waals surface area contributed by atoms with Crippen molar-refractivity contribution in [2.75, 3.05) is 5.32 Å². The standard InChI is InChI=1S/C19H12F3N3O3S2/c20-19(21,22)30(27,28)12-7-5-11(6-8-12)17(26)25-18-24-16(10-29-18)14-9-23-15-4-2-1-3-13(14)15/h1-10,23H,(H,24,25,26). The molecule has 2 aromatic heterocycles. The highest BCUT2D eigenvalue weighted by molar-refractivity contribution is 7.92. The van der Waals surface area contributed by atoms with Crippen LogP contribution in [0, 0.1) is 0 Å². The summed E-state index contributed by atoms with van der Waals surface area (Å²) in [6.07, 6.45) is 1.81. The zero-order valence-electron chi connectivity index (χ0n) is 14.9. The summed E-state index contributed by atoms with van der Waals surface area (Å²) >= 11 is 1.19. The van der Waals surface area contributed by atoms with Crippen LogP contribution < -0.4 is 5.32 Å². The Morgan fingerprint density at radius 2 is 1.77 bits per heavy atom. The van der Waals surface area contributed by atoms with Crippen molar-refractivity contribution in [3.63, 3.8) is 0 Å². The zero-order valence-corrected chi connectivity index (χ0v) is 16.5. The van der Waals surface area contributed by atoms with Gasteiger partial charge < -0.3 is 4.98 Å². The molecule has 0 saturated carbocycles. The fourth-order valence-electron chi connectivity index (χ4n) is 2.83. The number of aromatic nitrogens is 2. The maximum atomic E-state index is 12.6. The van der Waals surface area contributed by atoms with Crippen molar-refractivity contribution < 1.29 is 26.4 Å². The van der Waals surface area contributed by atoms with Gasteiger partial charge >= 0.3 is 5.51 Å². The third kappa shape index (κ3) is 3.57. The predicted molar refractivity (Wildman–Crippen MR) is 107 cm³/mol. The van der Waals surface area contributed by atoms with Gasteiger partial charge in [0.05, 0.1) is 10.6 Å². The van der Waals surface area contributed by atoms with Crippen molar-refractivity contribution in [1.82, 2.24) is 9.97 Å². The van der Waals surface area contributed by atoms with Crippen molar-refractivity contribution in [2.45, 2.75) is 10.4 Å². The fourth-order valence-corrected chi connectivity index (χ4v) is 4.29. The normalized spacial score (nSPS) is 12.2. The molecule has 11 heteroatoms. The molecule has 0 saturated heterocycles. The third-order valence-electron chi connectivity index (χ3n) is 4.32. The van der Waals surface area contributed by atoms with E-state index in [4.69, 9.17) is 0 Å². The second-order valence-electron chi connectivity index (χ2n) is 6.21. The van der Waals surface area contributed by atoms with Gasteiger partial charge in [-0.25, -0.2) is 13.4 Å². The van der Waals surface area contributed by atoms with Crippen molar-refractivity contribution in [3.8, 4) is 11.3 Å². The summed E-state index contributed by atoms with van der Waals surface area (Å²) in [5, 5.41) is 5.60. The van der Waals surface area contributed by atoms with Crippen molar-refractivity contribution in [1.29, 1.82) is 0 Å². The van der Waals surface area contributed by atoms with Crippen LogP contribution in [0.5, 0.6) is 0 Å². The number of carbonyl (C=O) groups excluding carboxylic acids is 1. The summed E-state index contributed by atoms with van der Waals surface area (Å²) < 4.78 is 60.6. The number of thiazole rings is 1. The lowest BCUT2D eigenvalue weighted by Gasteiger charge is -2.08. The smallest absolute Gasteiger partial charge is 0.360 e. The number of benzene rings is 2. The first-order valence-electron chi connectivity index (χ1n) is 8.41. The van der Waals surface area contributed by atoms with Gasteiger partial charge in [-0.15, -0.1) is 11.3 Å².